The molecule has 0 aromatic heterocycles. The van der Waals surface area contributed by atoms with Gasteiger partial charge in [-0.25, -0.2) is 0 Å². The van der Waals surface area contributed by atoms with Gasteiger partial charge in [-0.15, -0.1) is 11.6 Å². The van der Waals surface area contributed by atoms with Crippen LogP contribution >= 0.6 is 11.6 Å². The minimum absolute atomic E-state index is 0.544. The molecule has 0 saturated heterocycles. The Kier molecular flexibility index (Phi) is 6.51. The number of benzene rings is 1. The Bertz CT molecular complexity index is 366. The van der Waals surface area contributed by atoms with E-state index in [4.69, 9.17) is 16.3 Å². The van der Waals surface area contributed by atoms with E-state index in [9.17, 15) is 0 Å². The fourth-order valence-electron chi connectivity index (χ4n) is 1.98. The highest BCUT2D eigenvalue weighted by atomic mass is 35.5. The molecule has 0 amide bonds. The van der Waals surface area contributed by atoms with E-state index in [-0.39, 0.29) is 0 Å². The van der Waals surface area contributed by atoms with Crippen molar-refractivity contribution in [3.05, 3.63) is 29.3 Å². The van der Waals surface area contributed by atoms with Gasteiger partial charge >= 0.3 is 0 Å². The molecule has 0 radical (unpaired) electrons. The van der Waals surface area contributed by atoms with Crippen LogP contribution in [0.1, 0.15) is 37.3 Å². The largest absolute Gasteiger partial charge is 0.496 e. The number of methoxy groups -OCH3 is 1. The van der Waals surface area contributed by atoms with E-state index in [2.05, 4.69) is 44.0 Å². The Labute approximate surface area is 116 Å². The van der Waals surface area contributed by atoms with Crippen LogP contribution in [0, 0.1) is 0 Å². The first kappa shape index (κ1) is 15.3. The number of halogens is 1. The van der Waals surface area contributed by atoms with Crippen LogP contribution in [-0.4, -0.2) is 31.5 Å². The molecule has 0 aliphatic rings. The smallest absolute Gasteiger partial charge is 0.123 e. The zero-order chi connectivity index (χ0) is 13.5. The lowest BCUT2D eigenvalue weighted by atomic mass is 10.00. The molecule has 0 bridgehead atoms. The third-order valence-corrected chi connectivity index (χ3v) is 3.35. The maximum absolute atomic E-state index is 5.72. The van der Waals surface area contributed by atoms with E-state index in [1.54, 1.807) is 7.11 Å². The van der Waals surface area contributed by atoms with Crippen LogP contribution in [0.2, 0.25) is 0 Å². The van der Waals surface area contributed by atoms with Crippen LogP contribution < -0.4 is 4.74 Å². The SMILES string of the molecule is COc1ccc(C(C)C)cc1CN(C)CCCCl. The highest BCUT2D eigenvalue weighted by Gasteiger charge is 2.09. The van der Waals surface area contributed by atoms with Gasteiger partial charge in [-0.2, -0.15) is 0 Å². The van der Waals surface area contributed by atoms with E-state index in [0.717, 1.165) is 25.3 Å². The standard InChI is InChI=1S/C15H24ClNO/c1-12(2)13-6-7-15(18-4)14(10-13)11-17(3)9-5-8-16/h6-7,10,12H,5,8-9,11H2,1-4H3. The number of ether oxygens (including phenoxy) is 1. The van der Waals surface area contributed by atoms with Crippen LogP contribution in [0.4, 0.5) is 0 Å². The molecule has 1 aromatic rings. The zero-order valence-corrected chi connectivity index (χ0v) is 12.6. The Morgan fingerprint density at radius 2 is 2.06 bits per heavy atom. The molecule has 0 aliphatic heterocycles. The quantitative estimate of drug-likeness (QED) is 0.697. The second-order valence-corrected chi connectivity index (χ2v) is 5.38. The van der Waals surface area contributed by atoms with Gasteiger partial charge in [0.1, 0.15) is 5.75 Å². The van der Waals surface area contributed by atoms with Gasteiger partial charge in [0.2, 0.25) is 0 Å². The van der Waals surface area contributed by atoms with Gasteiger partial charge in [0.05, 0.1) is 7.11 Å². The number of nitrogens with zero attached hydrogens (tertiary/aromatic N) is 1. The van der Waals surface area contributed by atoms with E-state index < -0.39 is 0 Å². The van der Waals surface area contributed by atoms with Gasteiger partial charge in [-0.3, -0.25) is 0 Å². The predicted octanol–water partition coefficient (Wildman–Crippen LogP) is 3.88. The minimum Gasteiger partial charge on any atom is -0.496 e. The summed E-state index contributed by atoms with van der Waals surface area (Å²) in [4.78, 5) is 2.28. The Morgan fingerprint density at radius 1 is 1.33 bits per heavy atom. The van der Waals surface area contributed by atoms with Crippen molar-refractivity contribution < 1.29 is 4.74 Å². The van der Waals surface area contributed by atoms with E-state index >= 15 is 0 Å². The molecule has 1 rings (SSSR count). The fourth-order valence-corrected chi connectivity index (χ4v) is 2.10. The highest BCUT2D eigenvalue weighted by molar-refractivity contribution is 6.17. The second-order valence-electron chi connectivity index (χ2n) is 5.01. The third-order valence-electron chi connectivity index (χ3n) is 3.08. The average Bonchev–Trinajstić information content (AvgIpc) is 2.36. The van der Waals surface area contributed by atoms with Crippen molar-refractivity contribution in [2.24, 2.45) is 0 Å². The molecule has 0 saturated carbocycles. The van der Waals surface area contributed by atoms with E-state index in [0.29, 0.717) is 11.8 Å². The Balaban J connectivity index is 2.80. The van der Waals surface area contributed by atoms with E-state index in [1.165, 1.54) is 11.1 Å². The zero-order valence-electron chi connectivity index (χ0n) is 11.9. The van der Waals surface area contributed by atoms with Crippen molar-refractivity contribution in [1.29, 1.82) is 0 Å². The number of alkyl halides is 1. The highest BCUT2D eigenvalue weighted by Crippen LogP contribution is 2.25. The molecule has 0 N–H and O–H groups in total. The summed E-state index contributed by atoms with van der Waals surface area (Å²) in [5.74, 6) is 2.23. The Morgan fingerprint density at radius 3 is 2.61 bits per heavy atom. The average molecular weight is 270 g/mol. The molecule has 0 heterocycles. The molecular weight excluding hydrogens is 246 g/mol. The van der Waals surface area contributed by atoms with Gasteiger partial charge in [-0.05, 0) is 37.6 Å². The number of rotatable bonds is 7. The summed E-state index contributed by atoms with van der Waals surface area (Å²) in [6.45, 7) is 6.34. The first-order chi connectivity index (χ1) is 8.58. The van der Waals surface area contributed by atoms with Crippen molar-refractivity contribution in [3.63, 3.8) is 0 Å². The first-order valence-corrected chi connectivity index (χ1v) is 7.03. The lowest BCUT2D eigenvalue weighted by Gasteiger charge is -2.19. The van der Waals surface area contributed by atoms with Gasteiger partial charge in [0, 0.05) is 18.0 Å². The van der Waals surface area contributed by atoms with Gasteiger partial charge < -0.3 is 9.64 Å². The number of hydrogen-bond donors (Lipinski definition) is 0. The predicted molar refractivity (Wildman–Crippen MR) is 78.8 cm³/mol. The topological polar surface area (TPSA) is 12.5 Å². The van der Waals surface area contributed by atoms with Crippen LogP contribution in [0.3, 0.4) is 0 Å². The molecule has 0 fully saturated rings. The van der Waals surface area contributed by atoms with Crippen LogP contribution in [0.25, 0.3) is 0 Å². The summed E-state index contributed by atoms with van der Waals surface area (Å²) in [7, 11) is 3.85. The summed E-state index contributed by atoms with van der Waals surface area (Å²) in [6.07, 6.45) is 1.02. The molecule has 2 nitrogen and oxygen atoms in total. The Hall–Kier alpha value is -0.730. The van der Waals surface area contributed by atoms with Crippen molar-refractivity contribution in [3.8, 4) is 5.75 Å². The summed E-state index contributed by atoms with van der Waals surface area (Å²) >= 11 is 5.72. The molecule has 0 unspecified atom stereocenters. The summed E-state index contributed by atoms with van der Waals surface area (Å²) in [5, 5.41) is 0. The first-order valence-electron chi connectivity index (χ1n) is 6.49. The fraction of sp³-hybridized carbons (Fsp3) is 0.600. The normalized spacial score (nSPS) is 11.3. The maximum atomic E-state index is 5.72. The molecule has 0 aliphatic carbocycles. The lowest BCUT2D eigenvalue weighted by Crippen LogP contribution is -2.20. The van der Waals surface area contributed by atoms with Gasteiger partial charge in [0.15, 0.2) is 0 Å². The molecule has 3 heteroatoms. The van der Waals surface area contributed by atoms with Crippen molar-refractivity contribution in [2.45, 2.75) is 32.7 Å². The van der Waals surface area contributed by atoms with Crippen molar-refractivity contribution >= 4 is 11.6 Å². The molecular formula is C15H24ClNO. The van der Waals surface area contributed by atoms with Gasteiger partial charge in [0.25, 0.3) is 0 Å². The van der Waals surface area contributed by atoms with Crippen LogP contribution in [0.5, 0.6) is 5.75 Å². The van der Waals surface area contributed by atoms with E-state index in [1.807, 2.05) is 0 Å². The summed E-state index contributed by atoms with van der Waals surface area (Å²) in [6, 6.07) is 6.46. The molecule has 0 atom stereocenters. The van der Waals surface area contributed by atoms with Crippen LogP contribution in [-0.2, 0) is 6.54 Å². The van der Waals surface area contributed by atoms with Gasteiger partial charge in [-0.1, -0.05) is 26.0 Å². The lowest BCUT2D eigenvalue weighted by molar-refractivity contribution is 0.318. The second kappa shape index (κ2) is 7.65. The monoisotopic (exact) mass is 269 g/mol. The number of hydrogen-bond acceptors (Lipinski definition) is 2. The third kappa shape index (κ3) is 4.51. The maximum Gasteiger partial charge on any atom is 0.123 e. The molecule has 1 aromatic carbocycles. The summed E-state index contributed by atoms with van der Waals surface area (Å²) < 4.78 is 5.43. The molecule has 102 valence electrons. The van der Waals surface area contributed by atoms with Crippen LogP contribution in [0.15, 0.2) is 18.2 Å². The van der Waals surface area contributed by atoms with Crippen molar-refractivity contribution in [2.75, 3.05) is 26.6 Å². The minimum atomic E-state index is 0.544. The molecule has 0 spiro atoms. The van der Waals surface area contributed by atoms with Crippen molar-refractivity contribution in [1.82, 2.24) is 4.90 Å². The molecule has 18 heavy (non-hydrogen) atoms. The summed E-state index contributed by atoms with van der Waals surface area (Å²) in [5.41, 5.74) is 2.61.